The van der Waals surface area contributed by atoms with Gasteiger partial charge in [-0.1, -0.05) is 37.6 Å². The van der Waals surface area contributed by atoms with E-state index in [4.69, 9.17) is 16.3 Å². The summed E-state index contributed by atoms with van der Waals surface area (Å²) < 4.78 is 6.28. The summed E-state index contributed by atoms with van der Waals surface area (Å²) in [5.41, 5.74) is 5.44. The number of anilines is 1. The molecule has 0 fully saturated rings. The van der Waals surface area contributed by atoms with E-state index in [0.717, 1.165) is 0 Å². The summed E-state index contributed by atoms with van der Waals surface area (Å²) in [5.74, 6) is -0.324. The Hall–Kier alpha value is -2.58. The van der Waals surface area contributed by atoms with Crippen LogP contribution in [0.1, 0.15) is 37.0 Å². The second kappa shape index (κ2) is 11.6. The van der Waals surface area contributed by atoms with Gasteiger partial charge in [-0.2, -0.15) is 0 Å². The van der Waals surface area contributed by atoms with E-state index in [0.29, 0.717) is 39.0 Å². The first kappa shape index (κ1) is 23.7. The third-order valence-electron chi connectivity index (χ3n) is 3.81. The minimum Gasteiger partial charge on any atom is -0.492 e. The van der Waals surface area contributed by atoms with E-state index in [9.17, 15) is 14.4 Å². The van der Waals surface area contributed by atoms with Crippen molar-refractivity contribution in [3.8, 4) is 5.75 Å². The molecule has 0 atom stereocenters. The maximum atomic E-state index is 12.2. The van der Waals surface area contributed by atoms with Crippen molar-refractivity contribution in [1.29, 1.82) is 0 Å². The first-order valence-electron chi connectivity index (χ1n) is 9.32. The van der Waals surface area contributed by atoms with E-state index in [1.54, 1.807) is 42.5 Å². The number of hydrazine groups is 1. The number of nitrogens with one attached hydrogen (secondary N) is 3. The highest BCUT2D eigenvalue weighted by Crippen LogP contribution is 2.26. The molecule has 0 saturated carbocycles. The molecule has 0 aromatic heterocycles. The fourth-order valence-corrected chi connectivity index (χ4v) is 2.96. The van der Waals surface area contributed by atoms with Gasteiger partial charge in [0.1, 0.15) is 5.75 Å². The molecule has 0 aliphatic heterocycles. The highest BCUT2D eigenvalue weighted by Gasteiger charge is 2.12. The van der Waals surface area contributed by atoms with E-state index in [1.807, 2.05) is 13.8 Å². The van der Waals surface area contributed by atoms with Crippen LogP contribution in [0, 0.1) is 5.92 Å². The van der Waals surface area contributed by atoms with Crippen molar-refractivity contribution >= 4 is 50.9 Å². The van der Waals surface area contributed by atoms with Crippen LogP contribution < -0.4 is 20.9 Å². The first-order chi connectivity index (χ1) is 14.3. The SMILES string of the molecule is CC(C)COc1ccc(C(=O)NNC(=O)CCC(=O)Nc2ccccc2Cl)cc1Br. The standard InChI is InChI=1S/C21H23BrClN3O4/c1-13(2)12-30-18-8-7-14(11-15(18)22)21(29)26-25-20(28)10-9-19(27)24-17-6-4-3-5-16(17)23/h3-8,11,13H,9-10,12H2,1-2H3,(H,24,27)(H,25,28)(H,26,29). The lowest BCUT2D eigenvalue weighted by Crippen LogP contribution is -2.41. The Morgan fingerprint density at radius 1 is 1.03 bits per heavy atom. The van der Waals surface area contributed by atoms with Gasteiger partial charge in [-0.3, -0.25) is 25.2 Å². The highest BCUT2D eigenvalue weighted by atomic mass is 79.9. The molecule has 0 aliphatic carbocycles. The van der Waals surface area contributed by atoms with Crippen molar-refractivity contribution in [2.24, 2.45) is 5.92 Å². The third-order valence-corrected chi connectivity index (χ3v) is 4.76. The van der Waals surface area contributed by atoms with Crippen molar-refractivity contribution < 1.29 is 19.1 Å². The van der Waals surface area contributed by atoms with Gasteiger partial charge in [-0.05, 0) is 52.2 Å². The number of rotatable bonds is 8. The van der Waals surface area contributed by atoms with Gasteiger partial charge in [0.25, 0.3) is 5.91 Å². The zero-order chi connectivity index (χ0) is 22.1. The molecule has 9 heteroatoms. The molecule has 2 rings (SSSR count). The number of hydrogen-bond donors (Lipinski definition) is 3. The summed E-state index contributed by atoms with van der Waals surface area (Å²) >= 11 is 9.35. The highest BCUT2D eigenvalue weighted by molar-refractivity contribution is 9.10. The quantitative estimate of drug-likeness (QED) is 0.474. The summed E-state index contributed by atoms with van der Waals surface area (Å²) in [6.07, 6.45) is -0.150. The van der Waals surface area contributed by atoms with Crippen LogP contribution in [0.3, 0.4) is 0 Å². The van der Waals surface area contributed by atoms with Gasteiger partial charge in [-0.15, -0.1) is 0 Å². The Morgan fingerprint density at radius 3 is 2.40 bits per heavy atom. The molecule has 30 heavy (non-hydrogen) atoms. The molecule has 3 N–H and O–H groups in total. The minimum absolute atomic E-state index is 0.0552. The number of para-hydroxylation sites is 1. The number of benzene rings is 2. The predicted molar refractivity (Wildman–Crippen MR) is 119 cm³/mol. The van der Waals surface area contributed by atoms with E-state index < -0.39 is 11.8 Å². The zero-order valence-electron chi connectivity index (χ0n) is 16.6. The summed E-state index contributed by atoms with van der Waals surface area (Å²) in [7, 11) is 0. The molecule has 0 heterocycles. The average molecular weight is 497 g/mol. The van der Waals surface area contributed by atoms with Crippen LogP contribution in [0.2, 0.25) is 5.02 Å². The van der Waals surface area contributed by atoms with Gasteiger partial charge in [0.05, 0.1) is 21.8 Å². The van der Waals surface area contributed by atoms with E-state index in [1.165, 1.54) is 0 Å². The molecule has 0 bridgehead atoms. The second-order valence-corrected chi connectivity index (χ2v) is 8.14. The number of hydrogen-bond acceptors (Lipinski definition) is 4. The lowest BCUT2D eigenvalue weighted by Gasteiger charge is -2.12. The van der Waals surface area contributed by atoms with Gasteiger partial charge in [0, 0.05) is 18.4 Å². The number of carbonyl (C=O) groups excluding carboxylic acids is 3. The maximum Gasteiger partial charge on any atom is 0.269 e. The Morgan fingerprint density at radius 2 is 1.73 bits per heavy atom. The smallest absolute Gasteiger partial charge is 0.269 e. The topological polar surface area (TPSA) is 96.5 Å². The molecule has 2 aromatic rings. The Balaban J connectivity index is 1.77. The fraction of sp³-hybridized carbons (Fsp3) is 0.286. The molecule has 0 radical (unpaired) electrons. The fourth-order valence-electron chi connectivity index (χ4n) is 2.28. The Kier molecular flexibility index (Phi) is 9.14. The average Bonchev–Trinajstić information content (AvgIpc) is 2.71. The molecule has 0 unspecified atom stereocenters. The molecule has 2 aromatic carbocycles. The normalized spacial score (nSPS) is 10.4. The van der Waals surface area contributed by atoms with Crippen LogP contribution in [0.25, 0.3) is 0 Å². The van der Waals surface area contributed by atoms with Gasteiger partial charge < -0.3 is 10.1 Å². The minimum atomic E-state index is -0.492. The molecule has 0 spiro atoms. The number of halogens is 2. The van der Waals surface area contributed by atoms with Crippen molar-refractivity contribution in [1.82, 2.24) is 10.9 Å². The molecular formula is C21H23BrClN3O4. The summed E-state index contributed by atoms with van der Waals surface area (Å²) in [6, 6.07) is 11.7. The van der Waals surface area contributed by atoms with Crippen LogP contribution >= 0.6 is 27.5 Å². The monoisotopic (exact) mass is 495 g/mol. The van der Waals surface area contributed by atoms with Gasteiger partial charge >= 0.3 is 0 Å². The largest absolute Gasteiger partial charge is 0.492 e. The molecular weight excluding hydrogens is 474 g/mol. The van der Waals surface area contributed by atoms with Crippen LogP contribution in [-0.4, -0.2) is 24.3 Å². The van der Waals surface area contributed by atoms with E-state index >= 15 is 0 Å². The zero-order valence-corrected chi connectivity index (χ0v) is 19.0. The lowest BCUT2D eigenvalue weighted by atomic mass is 10.2. The van der Waals surface area contributed by atoms with E-state index in [-0.39, 0.29) is 18.7 Å². The van der Waals surface area contributed by atoms with Crippen LogP contribution in [0.4, 0.5) is 5.69 Å². The van der Waals surface area contributed by atoms with Crippen molar-refractivity contribution in [3.63, 3.8) is 0 Å². The first-order valence-corrected chi connectivity index (χ1v) is 10.5. The molecule has 160 valence electrons. The number of amides is 3. The van der Waals surface area contributed by atoms with Crippen molar-refractivity contribution in [3.05, 3.63) is 57.5 Å². The van der Waals surface area contributed by atoms with Crippen molar-refractivity contribution in [2.45, 2.75) is 26.7 Å². The van der Waals surface area contributed by atoms with Crippen LogP contribution in [-0.2, 0) is 9.59 Å². The Bertz CT molecular complexity index is 921. The maximum absolute atomic E-state index is 12.2. The lowest BCUT2D eigenvalue weighted by molar-refractivity contribution is -0.124. The predicted octanol–water partition coefficient (Wildman–Crippen LogP) is 4.32. The summed E-state index contributed by atoms with van der Waals surface area (Å²) in [6.45, 7) is 4.64. The summed E-state index contributed by atoms with van der Waals surface area (Å²) in [4.78, 5) is 36.1. The molecule has 0 aliphatic rings. The summed E-state index contributed by atoms with van der Waals surface area (Å²) in [5, 5.41) is 3.04. The molecule has 0 saturated heterocycles. The second-order valence-electron chi connectivity index (χ2n) is 6.88. The van der Waals surface area contributed by atoms with Gasteiger partial charge in [0.15, 0.2) is 0 Å². The van der Waals surface area contributed by atoms with Gasteiger partial charge in [0.2, 0.25) is 11.8 Å². The number of ether oxygens (including phenoxy) is 1. The number of carbonyl (C=O) groups is 3. The van der Waals surface area contributed by atoms with Gasteiger partial charge in [-0.25, -0.2) is 0 Å². The Labute approximate surface area is 188 Å². The van der Waals surface area contributed by atoms with Crippen LogP contribution in [0.15, 0.2) is 46.9 Å². The third kappa shape index (κ3) is 7.68. The molecule has 7 nitrogen and oxygen atoms in total. The van der Waals surface area contributed by atoms with E-state index in [2.05, 4.69) is 32.1 Å². The van der Waals surface area contributed by atoms with Crippen molar-refractivity contribution in [2.75, 3.05) is 11.9 Å². The van der Waals surface area contributed by atoms with Crippen LogP contribution in [0.5, 0.6) is 5.75 Å². The molecule has 3 amide bonds.